The van der Waals surface area contributed by atoms with E-state index in [1.54, 1.807) is 18.3 Å². The lowest BCUT2D eigenvalue weighted by Crippen LogP contribution is -2.11. The first-order chi connectivity index (χ1) is 7.77. The number of fused-ring (bicyclic) bond motifs is 1. The van der Waals surface area contributed by atoms with Crippen LogP contribution in [0.25, 0.3) is 10.2 Å². The Hall–Kier alpha value is -1.73. The van der Waals surface area contributed by atoms with E-state index in [9.17, 15) is 4.79 Å². The average Bonchev–Trinajstić information content (AvgIpc) is 2.81. The minimum Gasteiger partial charge on any atom is -0.461 e. The molecular formula is C12H11NO2S. The zero-order chi connectivity index (χ0) is 11.5. The van der Waals surface area contributed by atoms with Gasteiger partial charge in [-0.05, 0) is 24.4 Å². The Morgan fingerprint density at radius 3 is 3.19 bits per heavy atom. The molecule has 16 heavy (non-hydrogen) atoms. The van der Waals surface area contributed by atoms with Crippen LogP contribution in [0.3, 0.4) is 0 Å². The Balaban J connectivity index is 2.51. The summed E-state index contributed by atoms with van der Waals surface area (Å²) in [6.07, 6.45) is 5.30. The van der Waals surface area contributed by atoms with Gasteiger partial charge in [-0.25, -0.2) is 4.79 Å². The fourth-order valence-corrected chi connectivity index (χ4v) is 2.44. The maximum Gasteiger partial charge on any atom is 0.355 e. The van der Waals surface area contributed by atoms with E-state index in [0.29, 0.717) is 18.8 Å². The largest absolute Gasteiger partial charge is 0.461 e. The van der Waals surface area contributed by atoms with Gasteiger partial charge < -0.3 is 9.30 Å². The summed E-state index contributed by atoms with van der Waals surface area (Å²) in [6.45, 7) is 2.54. The highest BCUT2D eigenvalue weighted by atomic mass is 32.1. The van der Waals surface area contributed by atoms with E-state index in [0.717, 1.165) is 10.2 Å². The number of nitrogens with zero attached hydrogens (tertiary/aromatic N) is 1. The Morgan fingerprint density at radius 2 is 2.50 bits per heavy atom. The maximum atomic E-state index is 11.7. The van der Waals surface area contributed by atoms with Gasteiger partial charge in [-0.1, -0.05) is 5.92 Å². The molecule has 2 rings (SSSR count). The van der Waals surface area contributed by atoms with Crippen LogP contribution in [0, 0.1) is 12.3 Å². The standard InChI is InChI=1S/C12H11NO2S/c1-3-6-13-9-5-7-16-11(9)8-10(13)12(14)15-4-2/h1,5,7-8H,4,6H2,2H3. The summed E-state index contributed by atoms with van der Waals surface area (Å²) in [5, 5.41) is 1.98. The number of carbonyl (C=O) groups excluding carboxylic acids is 1. The molecule has 4 heteroatoms. The zero-order valence-corrected chi connectivity index (χ0v) is 9.71. The molecular weight excluding hydrogens is 222 g/mol. The van der Waals surface area contributed by atoms with Crippen molar-refractivity contribution in [1.29, 1.82) is 0 Å². The van der Waals surface area contributed by atoms with E-state index in [1.807, 2.05) is 22.1 Å². The summed E-state index contributed by atoms with van der Waals surface area (Å²) in [4.78, 5) is 11.7. The highest BCUT2D eigenvalue weighted by Gasteiger charge is 2.16. The third-order valence-electron chi connectivity index (χ3n) is 2.26. The van der Waals surface area contributed by atoms with E-state index >= 15 is 0 Å². The molecule has 0 unspecified atom stereocenters. The lowest BCUT2D eigenvalue weighted by Gasteiger charge is -2.05. The van der Waals surface area contributed by atoms with E-state index in [-0.39, 0.29) is 5.97 Å². The van der Waals surface area contributed by atoms with Gasteiger partial charge in [0, 0.05) is 0 Å². The molecule has 0 atom stereocenters. The van der Waals surface area contributed by atoms with Gasteiger partial charge in [-0.15, -0.1) is 17.8 Å². The Labute approximate surface area is 97.6 Å². The molecule has 2 aromatic rings. The quantitative estimate of drug-likeness (QED) is 0.602. The Morgan fingerprint density at radius 1 is 1.69 bits per heavy atom. The maximum absolute atomic E-state index is 11.7. The fraction of sp³-hybridized carbons (Fsp3) is 0.250. The van der Waals surface area contributed by atoms with Crippen molar-refractivity contribution >= 4 is 27.5 Å². The van der Waals surface area contributed by atoms with Crippen LogP contribution in [-0.2, 0) is 11.3 Å². The number of terminal acetylenes is 1. The number of rotatable bonds is 3. The van der Waals surface area contributed by atoms with Gasteiger partial charge in [0.15, 0.2) is 0 Å². The van der Waals surface area contributed by atoms with Crippen molar-refractivity contribution in [3.05, 3.63) is 23.2 Å². The van der Waals surface area contributed by atoms with E-state index in [1.165, 1.54) is 0 Å². The molecule has 0 aliphatic rings. The van der Waals surface area contributed by atoms with E-state index < -0.39 is 0 Å². The smallest absolute Gasteiger partial charge is 0.355 e. The molecule has 0 aliphatic heterocycles. The molecule has 82 valence electrons. The first-order valence-electron chi connectivity index (χ1n) is 4.95. The fourth-order valence-electron chi connectivity index (χ4n) is 1.61. The van der Waals surface area contributed by atoms with Gasteiger partial charge in [-0.3, -0.25) is 0 Å². The third kappa shape index (κ3) is 1.70. The predicted molar refractivity (Wildman–Crippen MR) is 64.6 cm³/mol. The number of carbonyl (C=O) groups is 1. The van der Waals surface area contributed by atoms with Crippen molar-refractivity contribution in [2.45, 2.75) is 13.5 Å². The molecule has 0 N–H and O–H groups in total. The summed E-state index contributed by atoms with van der Waals surface area (Å²) in [5.41, 5.74) is 1.52. The third-order valence-corrected chi connectivity index (χ3v) is 3.11. The number of ether oxygens (including phenoxy) is 1. The highest BCUT2D eigenvalue weighted by Crippen LogP contribution is 2.25. The summed E-state index contributed by atoms with van der Waals surface area (Å²) in [6, 6.07) is 3.79. The molecule has 0 saturated carbocycles. The minimum absolute atomic E-state index is 0.318. The van der Waals surface area contributed by atoms with Crippen LogP contribution >= 0.6 is 11.3 Å². The van der Waals surface area contributed by atoms with Crippen molar-refractivity contribution < 1.29 is 9.53 Å². The SMILES string of the molecule is C#CCn1c(C(=O)OCC)cc2sccc21. The monoisotopic (exact) mass is 233 g/mol. The zero-order valence-electron chi connectivity index (χ0n) is 8.90. The van der Waals surface area contributed by atoms with Crippen molar-refractivity contribution in [2.75, 3.05) is 6.61 Å². The first-order valence-corrected chi connectivity index (χ1v) is 5.83. The molecule has 0 amide bonds. The van der Waals surface area contributed by atoms with Gasteiger partial charge in [0.05, 0.1) is 23.4 Å². The topological polar surface area (TPSA) is 31.2 Å². The molecule has 0 radical (unpaired) electrons. The van der Waals surface area contributed by atoms with Gasteiger partial charge in [0.2, 0.25) is 0 Å². The second-order valence-electron chi connectivity index (χ2n) is 3.21. The number of esters is 1. The Bertz CT molecular complexity index is 559. The van der Waals surface area contributed by atoms with Crippen LogP contribution in [-0.4, -0.2) is 17.1 Å². The normalized spacial score (nSPS) is 10.2. The molecule has 0 bridgehead atoms. The number of hydrogen-bond acceptors (Lipinski definition) is 3. The van der Waals surface area contributed by atoms with Crippen LogP contribution < -0.4 is 0 Å². The highest BCUT2D eigenvalue weighted by molar-refractivity contribution is 7.17. The van der Waals surface area contributed by atoms with Crippen molar-refractivity contribution in [2.24, 2.45) is 0 Å². The summed E-state index contributed by atoms with van der Waals surface area (Å²) in [5.74, 6) is 2.23. The number of thiophene rings is 1. The first kappa shape index (κ1) is 10.8. The second-order valence-corrected chi connectivity index (χ2v) is 4.16. The van der Waals surface area contributed by atoms with E-state index in [4.69, 9.17) is 11.2 Å². The van der Waals surface area contributed by atoms with Gasteiger partial charge in [-0.2, -0.15) is 0 Å². The van der Waals surface area contributed by atoms with E-state index in [2.05, 4.69) is 5.92 Å². The van der Waals surface area contributed by atoms with Crippen molar-refractivity contribution in [3.8, 4) is 12.3 Å². The molecule has 0 saturated heterocycles. The molecule has 0 aliphatic carbocycles. The van der Waals surface area contributed by atoms with Crippen LogP contribution in [0.15, 0.2) is 17.5 Å². The van der Waals surface area contributed by atoms with Crippen LogP contribution in [0.5, 0.6) is 0 Å². The molecule has 2 aromatic heterocycles. The summed E-state index contributed by atoms with van der Waals surface area (Å²) < 4.78 is 7.85. The molecule has 0 spiro atoms. The molecule has 3 nitrogen and oxygen atoms in total. The minimum atomic E-state index is -0.318. The van der Waals surface area contributed by atoms with Gasteiger partial charge >= 0.3 is 5.97 Å². The molecule has 0 aromatic carbocycles. The Kier molecular flexibility index (Phi) is 2.97. The van der Waals surface area contributed by atoms with Crippen LogP contribution in [0.1, 0.15) is 17.4 Å². The van der Waals surface area contributed by atoms with Gasteiger partial charge in [0.25, 0.3) is 0 Å². The van der Waals surface area contributed by atoms with Gasteiger partial charge in [0.1, 0.15) is 5.69 Å². The molecule has 2 heterocycles. The van der Waals surface area contributed by atoms with Crippen LogP contribution in [0.2, 0.25) is 0 Å². The van der Waals surface area contributed by atoms with Crippen LogP contribution in [0.4, 0.5) is 0 Å². The predicted octanol–water partition coefficient (Wildman–Crippen LogP) is 2.51. The summed E-state index contributed by atoms with van der Waals surface area (Å²) >= 11 is 1.59. The lowest BCUT2D eigenvalue weighted by atomic mass is 10.4. The average molecular weight is 233 g/mol. The van der Waals surface area contributed by atoms with Crippen molar-refractivity contribution in [1.82, 2.24) is 4.57 Å². The lowest BCUT2D eigenvalue weighted by molar-refractivity contribution is 0.0515. The second kappa shape index (κ2) is 4.42. The molecule has 0 fully saturated rings. The number of aromatic nitrogens is 1. The summed E-state index contributed by atoms with van der Waals surface area (Å²) in [7, 11) is 0. The number of hydrogen-bond donors (Lipinski definition) is 0. The van der Waals surface area contributed by atoms with Crippen molar-refractivity contribution in [3.63, 3.8) is 0 Å².